The lowest BCUT2D eigenvalue weighted by atomic mass is 10.2. The molecule has 2 aromatic carbocycles. The van der Waals surface area contributed by atoms with E-state index in [1.54, 1.807) is 7.11 Å². The third-order valence-corrected chi connectivity index (χ3v) is 5.72. The third-order valence-electron chi connectivity index (χ3n) is 5.72. The van der Waals surface area contributed by atoms with Crippen molar-refractivity contribution < 1.29 is 14.3 Å². The maximum atomic E-state index is 12.9. The van der Waals surface area contributed by atoms with E-state index in [0.29, 0.717) is 13.2 Å². The Morgan fingerprint density at radius 1 is 1.00 bits per heavy atom. The summed E-state index contributed by atoms with van der Waals surface area (Å²) in [5.41, 5.74) is 1.32. The summed E-state index contributed by atoms with van der Waals surface area (Å²) >= 11 is 0. The van der Waals surface area contributed by atoms with Crippen molar-refractivity contribution in [2.24, 2.45) is 0 Å². The molecule has 6 heteroatoms. The summed E-state index contributed by atoms with van der Waals surface area (Å²) < 4.78 is 10.9. The molecule has 0 N–H and O–H groups in total. The van der Waals surface area contributed by atoms with Crippen molar-refractivity contribution in [1.82, 2.24) is 14.7 Å². The molecule has 0 bridgehead atoms. The highest BCUT2D eigenvalue weighted by molar-refractivity contribution is 5.81. The fraction of sp³-hybridized carbons (Fsp3) is 0.458. The number of benzene rings is 2. The average Bonchev–Trinajstić information content (AvgIpc) is 2.79. The van der Waals surface area contributed by atoms with E-state index in [0.717, 1.165) is 44.2 Å². The van der Waals surface area contributed by atoms with Gasteiger partial charge in [0.1, 0.15) is 18.1 Å². The van der Waals surface area contributed by atoms with Crippen LogP contribution in [0.2, 0.25) is 0 Å². The van der Waals surface area contributed by atoms with Crippen LogP contribution in [-0.4, -0.2) is 80.1 Å². The van der Waals surface area contributed by atoms with Crippen LogP contribution < -0.4 is 9.47 Å². The number of hydrogen-bond acceptors (Lipinski definition) is 5. The number of carbonyl (C=O) groups is 1. The predicted molar refractivity (Wildman–Crippen MR) is 119 cm³/mol. The van der Waals surface area contributed by atoms with Crippen molar-refractivity contribution in [1.29, 1.82) is 0 Å². The number of carbonyl (C=O) groups excluding carboxylic acids is 1. The first-order chi connectivity index (χ1) is 14.6. The molecule has 2 aromatic rings. The highest BCUT2D eigenvalue weighted by Crippen LogP contribution is 2.17. The topological polar surface area (TPSA) is 45.3 Å². The molecule has 0 unspecified atom stereocenters. The summed E-state index contributed by atoms with van der Waals surface area (Å²) in [7, 11) is 3.62. The van der Waals surface area contributed by atoms with E-state index < -0.39 is 0 Å². The van der Waals surface area contributed by atoms with Crippen LogP contribution in [0.5, 0.6) is 11.5 Å². The molecule has 0 spiro atoms. The monoisotopic (exact) mass is 411 g/mol. The normalized spacial score (nSPS) is 15.8. The predicted octanol–water partition coefficient (Wildman–Crippen LogP) is 2.74. The minimum Gasteiger partial charge on any atom is -0.497 e. The highest BCUT2D eigenvalue weighted by atomic mass is 16.5. The van der Waals surface area contributed by atoms with Gasteiger partial charge >= 0.3 is 0 Å². The smallest absolute Gasteiger partial charge is 0.239 e. The molecule has 0 aromatic heterocycles. The number of methoxy groups -OCH3 is 1. The molecule has 1 aliphatic heterocycles. The second kappa shape index (κ2) is 11.0. The first kappa shape index (κ1) is 22.1. The molecule has 3 rings (SSSR count). The Labute approximate surface area is 180 Å². The van der Waals surface area contributed by atoms with Gasteiger partial charge in [0.15, 0.2) is 0 Å². The second-order valence-corrected chi connectivity index (χ2v) is 7.77. The number of ether oxygens (including phenoxy) is 2. The minimum atomic E-state index is -0.162. The molecular formula is C24H33N3O3. The molecule has 1 fully saturated rings. The van der Waals surface area contributed by atoms with Crippen LogP contribution in [0, 0.1) is 0 Å². The van der Waals surface area contributed by atoms with Crippen LogP contribution >= 0.6 is 0 Å². The minimum absolute atomic E-state index is 0.162. The average molecular weight is 412 g/mol. The van der Waals surface area contributed by atoms with E-state index in [4.69, 9.17) is 9.47 Å². The first-order valence-corrected chi connectivity index (χ1v) is 10.6. The van der Waals surface area contributed by atoms with Gasteiger partial charge < -0.3 is 14.4 Å². The Kier molecular flexibility index (Phi) is 8.11. The lowest BCUT2D eigenvalue weighted by Gasteiger charge is -2.37. The van der Waals surface area contributed by atoms with E-state index in [-0.39, 0.29) is 11.9 Å². The van der Waals surface area contributed by atoms with Crippen LogP contribution in [0.4, 0.5) is 0 Å². The molecule has 1 heterocycles. The van der Waals surface area contributed by atoms with Crippen molar-refractivity contribution in [2.45, 2.75) is 19.5 Å². The Morgan fingerprint density at radius 3 is 2.27 bits per heavy atom. The van der Waals surface area contributed by atoms with Crippen LogP contribution in [0.15, 0.2) is 54.6 Å². The van der Waals surface area contributed by atoms with Crippen molar-refractivity contribution in [3.63, 3.8) is 0 Å². The van der Waals surface area contributed by atoms with E-state index in [1.807, 2.05) is 49.2 Å². The van der Waals surface area contributed by atoms with E-state index in [9.17, 15) is 4.79 Å². The lowest BCUT2D eigenvalue weighted by Crippen LogP contribution is -2.53. The van der Waals surface area contributed by atoms with Crippen LogP contribution in [0.3, 0.4) is 0 Å². The van der Waals surface area contributed by atoms with Gasteiger partial charge in [-0.2, -0.15) is 0 Å². The van der Waals surface area contributed by atoms with Crippen LogP contribution in [0.25, 0.3) is 0 Å². The van der Waals surface area contributed by atoms with Crippen LogP contribution in [0.1, 0.15) is 12.5 Å². The molecular weight excluding hydrogens is 378 g/mol. The van der Waals surface area contributed by atoms with Crippen molar-refractivity contribution in [2.75, 3.05) is 53.5 Å². The Morgan fingerprint density at radius 2 is 1.63 bits per heavy atom. The van der Waals surface area contributed by atoms with Gasteiger partial charge in [-0.1, -0.05) is 30.3 Å². The SMILES string of the molecule is COc1ccc(OCCN(C)[C@H](C)C(=O)N2CCN(Cc3ccccc3)CC2)cc1. The quantitative estimate of drug-likeness (QED) is 0.635. The zero-order valence-corrected chi connectivity index (χ0v) is 18.3. The van der Waals surface area contributed by atoms with Gasteiger partial charge in [0.2, 0.25) is 5.91 Å². The summed E-state index contributed by atoms with van der Waals surface area (Å²) in [6.07, 6.45) is 0. The third kappa shape index (κ3) is 6.21. The molecule has 162 valence electrons. The first-order valence-electron chi connectivity index (χ1n) is 10.6. The van der Waals surface area contributed by atoms with Gasteiger partial charge in [-0.25, -0.2) is 0 Å². The Balaban J connectivity index is 1.39. The van der Waals surface area contributed by atoms with Gasteiger partial charge in [0.05, 0.1) is 13.2 Å². The van der Waals surface area contributed by atoms with Crippen LogP contribution in [-0.2, 0) is 11.3 Å². The molecule has 0 radical (unpaired) electrons. The second-order valence-electron chi connectivity index (χ2n) is 7.77. The van der Waals surface area contributed by atoms with Gasteiger partial charge in [-0.15, -0.1) is 0 Å². The van der Waals surface area contributed by atoms with Gasteiger partial charge in [-0.05, 0) is 43.8 Å². The van der Waals surface area contributed by atoms with Crippen molar-refractivity contribution in [3.8, 4) is 11.5 Å². The zero-order chi connectivity index (χ0) is 21.3. The number of nitrogens with zero attached hydrogens (tertiary/aromatic N) is 3. The van der Waals surface area contributed by atoms with Gasteiger partial charge in [-0.3, -0.25) is 14.6 Å². The number of amides is 1. The maximum Gasteiger partial charge on any atom is 0.239 e. The Hall–Kier alpha value is -2.57. The van der Waals surface area contributed by atoms with E-state index in [2.05, 4.69) is 34.1 Å². The number of piperazine rings is 1. The largest absolute Gasteiger partial charge is 0.497 e. The molecule has 0 aliphatic carbocycles. The fourth-order valence-electron chi connectivity index (χ4n) is 3.59. The van der Waals surface area contributed by atoms with E-state index in [1.165, 1.54) is 5.56 Å². The molecule has 1 saturated heterocycles. The number of hydrogen-bond donors (Lipinski definition) is 0. The highest BCUT2D eigenvalue weighted by Gasteiger charge is 2.27. The van der Waals surface area contributed by atoms with Crippen molar-refractivity contribution in [3.05, 3.63) is 60.2 Å². The lowest BCUT2D eigenvalue weighted by molar-refractivity contribution is -0.137. The standard InChI is InChI=1S/C24H33N3O3/c1-20(25(2)17-18-30-23-11-9-22(29-3)10-12-23)24(28)27-15-13-26(14-16-27)19-21-7-5-4-6-8-21/h4-12,20H,13-19H2,1-3H3/t20-/m1/s1. The van der Waals surface area contributed by atoms with Crippen molar-refractivity contribution >= 4 is 5.91 Å². The molecule has 1 atom stereocenters. The summed E-state index contributed by atoms with van der Waals surface area (Å²) in [5.74, 6) is 1.81. The maximum absolute atomic E-state index is 12.9. The number of likely N-dealkylation sites (N-methyl/N-ethyl adjacent to an activating group) is 1. The fourth-order valence-corrected chi connectivity index (χ4v) is 3.59. The summed E-state index contributed by atoms with van der Waals surface area (Å²) in [6.45, 7) is 7.54. The van der Waals surface area contributed by atoms with E-state index >= 15 is 0 Å². The molecule has 6 nitrogen and oxygen atoms in total. The van der Waals surface area contributed by atoms with Gasteiger partial charge in [0.25, 0.3) is 0 Å². The Bertz CT molecular complexity index is 774. The van der Waals surface area contributed by atoms with Gasteiger partial charge in [0, 0.05) is 39.3 Å². The summed E-state index contributed by atoms with van der Waals surface area (Å²) in [5, 5.41) is 0. The zero-order valence-electron chi connectivity index (χ0n) is 18.3. The molecule has 1 aliphatic rings. The summed E-state index contributed by atoms with van der Waals surface area (Å²) in [4.78, 5) is 19.4. The number of rotatable bonds is 9. The summed E-state index contributed by atoms with van der Waals surface area (Å²) in [6, 6.07) is 17.9. The molecule has 30 heavy (non-hydrogen) atoms. The molecule has 1 amide bonds. The molecule has 0 saturated carbocycles.